The van der Waals surface area contributed by atoms with Crippen molar-refractivity contribution in [1.82, 2.24) is 24.3 Å². The molecule has 2 amide bonds. The van der Waals surface area contributed by atoms with E-state index in [1.807, 2.05) is 24.3 Å². The normalized spacial score (nSPS) is 20.7. The molecule has 4 aliphatic rings. The lowest BCUT2D eigenvalue weighted by molar-refractivity contribution is -0.212. The third kappa shape index (κ3) is 12.6. The first kappa shape index (κ1) is 53.9. The zero-order chi connectivity index (χ0) is 52.4. The van der Waals surface area contributed by atoms with Crippen molar-refractivity contribution in [3.05, 3.63) is 126 Å². The number of aliphatic hydroxyl groups excluding tert-OH is 1. The van der Waals surface area contributed by atoms with Gasteiger partial charge in [0.25, 0.3) is 19.3 Å². The smallest absolute Gasteiger partial charge is 0.487 e. The van der Waals surface area contributed by atoms with Crippen LogP contribution in [0.3, 0.4) is 0 Å². The molecule has 3 unspecified atom stereocenters. The van der Waals surface area contributed by atoms with Crippen LogP contribution in [0.2, 0.25) is 0 Å². The molecule has 8 rings (SSSR count). The van der Waals surface area contributed by atoms with Gasteiger partial charge in [0.15, 0.2) is 0 Å². The number of carbonyl (C=O) groups excluding carboxylic acids is 2. The van der Waals surface area contributed by atoms with E-state index in [0.29, 0.717) is 12.0 Å². The quantitative estimate of drug-likeness (QED) is 0.0510. The van der Waals surface area contributed by atoms with E-state index in [4.69, 9.17) is 14.4 Å². The Morgan fingerprint density at radius 2 is 1.77 bits per heavy atom. The van der Waals surface area contributed by atoms with Crippen molar-refractivity contribution in [2.75, 3.05) is 57.8 Å². The second-order valence-electron chi connectivity index (χ2n) is 17.9. The molecule has 1 aromatic heterocycles. The summed E-state index contributed by atoms with van der Waals surface area (Å²) in [6.45, 7) is 7.31. The van der Waals surface area contributed by atoms with Crippen LogP contribution >= 0.6 is 23.5 Å². The predicted molar refractivity (Wildman–Crippen MR) is 263 cm³/mol. The largest absolute Gasteiger partial charge is 0.756 e. The van der Waals surface area contributed by atoms with Gasteiger partial charge in [0, 0.05) is 97.9 Å². The molecule has 6 N–H and O–H groups in total. The molecule has 1 fully saturated rings. The third-order valence-corrected chi connectivity index (χ3v) is 16.8. The van der Waals surface area contributed by atoms with E-state index in [1.54, 1.807) is 11.9 Å². The van der Waals surface area contributed by atoms with Gasteiger partial charge < -0.3 is 49.3 Å². The first-order chi connectivity index (χ1) is 34.6. The first-order valence-electron chi connectivity index (χ1n) is 23.8. The number of carbonyl (C=O) groups is 2. The van der Waals surface area contributed by atoms with Crippen LogP contribution in [-0.4, -0.2) is 111 Å². The fourth-order valence-electron chi connectivity index (χ4n) is 9.60. The molecule has 0 radical (unpaired) electrons. The van der Waals surface area contributed by atoms with Gasteiger partial charge in [-0.05, 0) is 68.9 Å². The van der Waals surface area contributed by atoms with E-state index in [1.165, 1.54) is 34.3 Å². The monoisotopic (exact) mass is 1070 g/mol. The van der Waals surface area contributed by atoms with E-state index in [0.717, 1.165) is 96.0 Å². The van der Waals surface area contributed by atoms with Crippen LogP contribution in [0.4, 0.5) is 5.69 Å². The summed E-state index contributed by atoms with van der Waals surface area (Å²) in [6.07, 6.45) is 3.86. The number of aromatic nitrogens is 2. The Morgan fingerprint density at radius 3 is 2.52 bits per heavy atom. The molecule has 4 aromatic rings. The maximum absolute atomic E-state index is 14.4. The van der Waals surface area contributed by atoms with E-state index >= 15 is 0 Å². The topological polar surface area (TPSA) is 312 Å². The van der Waals surface area contributed by atoms with Gasteiger partial charge >= 0.3 is 21.3 Å². The number of nitrogens with zero attached hydrogens (tertiary/aromatic N) is 4. The summed E-state index contributed by atoms with van der Waals surface area (Å²) in [7, 11) is -15.6. The molecule has 26 heteroatoms. The number of rotatable bonds is 19. The number of aryl methyl sites for hydroxylation is 2. The van der Waals surface area contributed by atoms with E-state index in [-0.39, 0.29) is 43.3 Å². The van der Waals surface area contributed by atoms with E-state index in [2.05, 4.69) is 71.0 Å². The van der Waals surface area contributed by atoms with Crippen molar-refractivity contribution in [2.45, 2.75) is 77.2 Å². The summed E-state index contributed by atoms with van der Waals surface area (Å²) in [5.74, 6) is 0.981. The SMILES string of the molecule is CCN1CCCc2cc3c(cc21)Oc1cc2c(cc1=C3c1ccccc1C(=O)N(C)CCCC(=O)NC/C=C/c1cn([C@H]3C[C@H](O)[C@@H](COP(=O)(O)OP(=O)(O)OP(=O)([O-])O)O3)c(=O)[nH]c1=O)CCC[N+]=2CC. The number of nitrogens with one attached hydrogen (secondary N) is 2. The van der Waals surface area contributed by atoms with Gasteiger partial charge in [0.05, 0.1) is 24.3 Å². The summed E-state index contributed by atoms with van der Waals surface area (Å²) >= 11 is 0. The lowest BCUT2D eigenvalue weighted by atomic mass is 9.86. The summed E-state index contributed by atoms with van der Waals surface area (Å²) in [5.41, 5.74) is 5.09. The zero-order valence-corrected chi connectivity index (χ0v) is 42.9. The van der Waals surface area contributed by atoms with Crippen LogP contribution in [0.1, 0.15) is 90.4 Å². The summed E-state index contributed by atoms with van der Waals surface area (Å²) in [5, 5.41) is 15.3. The van der Waals surface area contributed by atoms with Crippen LogP contribution in [0.15, 0.2) is 70.4 Å². The number of phosphoric ester groups is 1. The van der Waals surface area contributed by atoms with Gasteiger partial charge in [-0.25, -0.2) is 22.8 Å². The summed E-state index contributed by atoms with van der Waals surface area (Å²) in [4.78, 5) is 97.3. The number of anilines is 1. The van der Waals surface area contributed by atoms with Crippen molar-refractivity contribution in [3.8, 4) is 11.5 Å². The fraction of sp³-hybridized carbons (Fsp3) is 0.426. The molecule has 1 saturated heterocycles. The van der Waals surface area contributed by atoms with Gasteiger partial charge in [-0.1, -0.05) is 30.4 Å². The average Bonchev–Trinajstić information content (AvgIpc) is 3.70. The molecule has 4 aliphatic heterocycles. The van der Waals surface area contributed by atoms with Crippen molar-refractivity contribution in [1.29, 1.82) is 0 Å². The number of aliphatic hydroxyl groups is 1. The molecular weight excluding hydrogens is 1010 g/mol. The molecule has 3 aromatic carbocycles. The standard InChI is InChI=1S/C47H57N6O17P3/c1-4-51-20-9-13-29-22-34-39(24-36(29)51)67-40-25-37-30(14-10-21-52(37)5-2)23-35(40)44(34)32-15-6-7-16-33(32)46(57)50(3)19-11-17-42(55)48-18-8-12-31-27-53(47(58)49-45(31)56)43-26-38(54)41(68-43)28-66-72(62,63)70-73(64,65)69-71(59,60)61/h6-8,12,15-16,22-25,27,38,41,43,54H,4-5,9-11,13-14,17-21,26,28H2,1-3H3,(H5-,48,49,55,56,58,59,60,61,62,63,64,65)/b12-8+/t38-,41+,43+/m0/s1. The lowest BCUT2D eigenvalue weighted by Gasteiger charge is -2.33. The molecule has 73 heavy (non-hydrogen) atoms. The molecule has 0 bridgehead atoms. The van der Waals surface area contributed by atoms with Crippen LogP contribution in [0.25, 0.3) is 11.6 Å². The number of fused-ring (bicyclic) bond motifs is 4. The van der Waals surface area contributed by atoms with Crippen LogP contribution in [-0.2, 0) is 49.2 Å². The lowest BCUT2D eigenvalue weighted by Crippen LogP contribution is -2.39. The molecule has 0 spiro atoms. The first-order valence-corrected chi connectivity index (χ1v) is 28.3. The van der Waals surface area contributed by atoms with Crippen molar-refractivity contribution in [3.63, 3.8) is 0 Å². The van der Waals surface area contributed by atoms with Gasteiger partial charge in [0.1, 0.15) is 36.9 Å². The van der Waals surface area contributed by atoms with Crippen LogP contribution < -0.4 is 46.2 Å². The van der Waals surface area contributed by atoms with Crippen molar-refractivity contribution >= 4 is 52.6 Å². The number of amides is 2. The average molecular weight is 1070 g/mol. The van der Waals surface area contributed by atoms with Crippen LogP contribution in [0.5, 0.6) is 11.5 Å². The number of benzene rings is 3. The highest BCUT2D eigenvalue weighted by atomic mass is 31.3. The number of aromatic amines is 1. The minimum absolute atomic E-state index is 0.0119. The molecular formula is C47H57N6O17P3. The Hall–Kier alpha value is -5.38. The maximum atomic E-state index is 14.4. The van der Waals surface area contributed by atoms with Gasteiger partial charge in [-0.15, -0.1) is 0 Å². The highest BCUT2D eigenvalue weighted by molar-refractivity contribution is 7.66. The third-order valence-electron chi connectivity index (χ3n) is 13.0. The van der Waals surface area contributed by atoms with Gasteiger partial charge in [-0.2, -0.15) is 4.31 Å². The Labute approximate surface area is 418 Å². The highest BCUT2D eigenvalue weighted by Gasteiger charge is 2.42. The molecule has 0 aliphatic carbocycles. The van der Waals surface area contributed by atoms with E-state index < -0.39 is 59.8 Å². The van der Waals surface area contributed by atoms with Crippen molar-refractivity contribution in [2.24, 2.45) is 0 Å². The Morgan fingerprint density at radius 1 is 1.00 bits per heavy atom. The van der Waals surface area contributed by atoms with E-state index in [9.17, 15) is 52.7 Å². The number of H-pyrrole nitrogens is 1. The predicted octanol–water partition coefficient (Wildman–Crippen LogP) is 2.16. The second-order valence-corrected chi connectivity index (χ2v) is 22.3. The summed E-state index contributed by atoms with van der Waals surface area (Å²) in [6, 6.07) is 16.4. The fourth-order valence-corrected chi connectivity index (χ4v) is 12.6. The molecule has 6 atom stereocenters. The summed E-state index contributed by atoms with van der Waals surface area (Å²) < 4.78 is 61.9. The second kappa shape index (κ2) is 22.2. The Kier molecular flexibility index (Phi) is 16.4. The molecule has 23 nitrogen and oxygen atoms in total. The minimum atomic E-state index is -5.87. The number of phosphoric acid groups is 3. The molecule has 5 heterocycles. The van der Waals surface area contributed by atoms with Gasteiger partial charge in [-0.3, -0.25) is 33.0 Å². The van der Waals surface area contributed by atoms with Gasteiger partial charge in [0.2, 0.25) is 11.3 Å². The number of hydrogen-bond acceptors (Lipinski definition) is 15. The number of ether oxygens (including phenoxy) is 2. The zero-order valence-electron chi connectivity index (χ0n) is 40.2. The minimum Gasteiger partial charge on any atom is -0.756 e. The number of hydrogen-bond donors (Lipinski definition) is 6. The molecule has 392 valence electrons. The maximum Gasteiger partial charge on any atom is 0.487 e. The molecule has 0 saturated carbocycles. The Bertz CT molecular complexity index is 3250. The Balaban J connectivity index is 0.899. The van der Waals surface area contributed by atoms with Crippen LogP contribution in [0, 0.1) is 0 Å². The van der Waals surface area contributed by atoms with Crippen molar-refractivity contribution < 1.29 is 70.6 Å². The highest BCUT2D eigenvalue weighted by Crippen LogP contribution is 2.65.